The van der Waals surface area contributed by atoms with Crippen LogP contribution in [-0.4, -0.2) is 85.8 Å². The van der Waals surface area contributed by atoms with E-state index >= 15 is 0 Å². The molecule has 15 nitrogen and oxygen atoms in total. The molecule has 0 bridgehead atoms. The van der Waals surface area contributed by atoms with Gasteiger partial charge in [-0.1, -0.05) is 0 Å². The van der Waals surface area contributed by atoms with Gasteiger partial charge in [0.05, 0.1) is 52.6 Å². The molecule has 2 rings (SSSR count). The molecule has 2 heterocycles. The highest BCUT2D eigenvalue weighted by Gasteiger charge is 2.42. The summed E-state index contributed by atoms with van der Waals surface area (Å²) >= 11 is 0. The normalized spacial score (nSPS) is 14.8. The fourth-order valence-corrected chi connectivity index (χ4v) is 4.67. The lowest BCUT2D eigenvalue weighted by atomic mass is 9.92. The lowest BCUT2D eigenvalue weighted by Gasteiger charge is -2.20. The largest absolute Gasteiger partial charge is 0.469 e. The molecule has 0 aromatic carbocycles. The molecule has 1 aliphatic heterocycles. The molecule has 0 radical (unpaired) electrons. The topological polar surface area (TPSA) is 197 Å². The number of hydrogen-bond donors (Lipinski definition) is 1. The van der Waals surface area contributed by atoms with E-state index in [9.17, 15) is 33.7 Å². The molecule has 1 atom stereocenters. The van der Waals surface area contributed by atoms with Crippen molar-refractivity contribution in [1.29, 1.82) is 0 Å². The van der Waals surface area contributed by atoms with Crippen LogP contribution in [0.1, 0.15) is 73.8 Å². The molecule has 1 unspecified atom stereocenters. The zero-order chi connectivity index (χ0) is 32.5. The van der Waals surface area contributed by atoms with Crippen molar-refractivity contribution in [1.82, 2.24) is 9.99 Å². The van der Waals surface area contributed by atoms with Crippen molar-refractivity contribution >= 4 is 35.8 Å². The summed E-state index contributed by atoms with van der Waals surface area (Å²) in [4.78, 5) is 90.0. The molecule has 0 aliphatic carbocycles. The average Bonchev–Trinajstić information content (AvgIpc) is 3.42. The number of nitroso groups, excluding NO2 is 1. The quantitative estimate of drug-likeness (QED) is 0.184. The predicted molar refractivity (Wildman–Crippen MR) is 147 cm³/mol. The number of hydrogen-bond acceptors (Lipinski definition) is 13. The van der Waals surface area contributed by atoms with Gasteiger partial charge in [0, 0.05) is 30.5 Å². The van der Waals surface area contributed by atoms with Crippen molar-refractivity contribution in [2.45, 2.75) is 77.4 Å². The van der Waals surface area contributed by atoms with Gasteiger partial charge in [0.2, 0.25) is 0 Å². The summed E-state index contributed by atoms with van der Waals surface area (Å²) in [6, 6.07) is -1.11. The van der Waals surface area contributed by atoms with Gasteiger partial charge in [-0.3, -0.25) is 24.0 Å². The number of aromatic amines is 1. The van der Waals surface area contributed by atoms with Gasteiger partial charge in [0.15, 0.2) is 0 Å². The lowest BCUT2D eigenvalue weighted by molar-refractivity contribution is -0.141. The molecular formula is C28H37N3O12. The van der Waals surface area contributed by atoms with Crippen molar-refractivity contribution in [2.75, 3.05) is 28.4 Å². The minimum absolute atomic E-state index is 0.0258. The SMILES string of the molecule is COC(=O)CCC1=C(CC(=O)OC)C(=O)N(N=O)C1Cc1[nH]c(C(=O)OC(C)(C)C)c(CCC(=O)OC)c1CC(=O)OC. The monoisotopic (exact) mass is 607 g/mol. The molecule has 0 saturated carbocycles. The van der Waals surface area contributed by atoms with E-state index in [4.69, 9.17) is 23.7 Å². The fourth-order valence-electron chi connectivity index (χ4n) is 4.67. The number of nitrogens with zero attached hydrogens (tertiary/aromatic N) is 2. The summed E-state index contributed by atoms with van der Waals surface area (Å²) in [5, 5.41) is 3.52. The summed E-state index contributed by atoms with van der Waals surface area (Å²) in [7, 11) is 4.71. The highest BCUT2D eigenvalue weighted by Crippen LogP contribution is 2.36. The first-order chi connectivity index (χ1) is 20.2. The van der Waals surface area contributed by atoms with Crippen molar-refractivity contribution in [3.05, 3.63) is 38.6 Å². The van der Waals surface area contributed by atoms with E-state index < -0.39 is 53.8 Å². The Labute approximate surface area is 248 Å². The molecule has 1 aromatic rings. The van der Waals surface area contributed by atoms with Gasteiger partial charge >= 0.3 is 29.8 Å². The summed E-state index contributed by atoms with van der Waals surface area (Å²) < 4.78 is 24.6. The van der Waals surface area contributed by atoms with Crippen molar-refractivity contribution < 1.29 is 52.5 Å². The second kappa shape index (κ2) is 15.1. The van der Waals surface area contributed by atoms with Crippen LogP contribution in [0, 0.1) is 4.91 Å². The van der Waals surface area contributed by atoms with Crippen LogP contribution in [0.25, 0.3) is 0 Å². The van der Waals surface area contributed by atoms with Crippen LogP contribution in [0.15, 0.2) is 16.4 Å². The zero-order valence-corrected chi connectivity index (χ0v) is 25.3. The second-order valence-electron chi connectivity index (χ2n) is 10.6. The molecule has 236 valence electrons. The standard InChI is InChI=1S/C28H37N3O12/c1-28(2,3)43-27(37)25-16(9-11-22(33)40-5)17(12-23(34)41-6)19(29-25)14-20-15(8-10-21(32)39-4)18(13-24(35)42-7)26(36)31(20)30-38/h20,29H,8-14H2,1-7H3. The third-order valence-electron chi connectivity index (χ3n) is 6.68. The Balaban J connectivity index is 2.75. The Morgan fingerprint density at radius 2 is 1.35 bits per heavy atom. The number of methoxy groups -OCH3 is 4. The van der Waals surface area contributed by atoms with E-state index in [-0.39, 0.29) is 72.2 Å². The van der Waals surface area contributed by atoms with Gasteiger partial charge in [-0.25, -0.2) is 4.79 Å². The Bertz CT molecular complexity index is 1300. The predicted octanol–water partition coefficient (Wildman–Crippen LogP) is 2.04. The van der Waals surface area contributed by atoms with Crippen LogP contribution < -0.4 is 0 Å². The van der Waals surface area contributed by atoms with Crippen LogP contribution in [0.2, 0.25) is 0 Å². The van der Waals surface area contributed by atoms with Gasteiger partial charge in [-0.05, 0) is 50.3 Å². The van der Waals surface area contributed by atoms with Crippen molar-refractivity contribution in [2.24, 2.45) is 5.29 Å². The van der Waals surface area contributed by atoms with E-state index in [0.717, 1.165) is 7.11 Å². The van der Waals surface area contributed by atoms with Gasteiger partial charge in [0.1, 0.15) is 11.3 Å². The number of nitrogens with one attached hydrogen (secondary N) is 1. The maximum Gasteiger partial charge on any atom is 0.355 e. The molecule has 0 saturated heterocycles. The first-order valence-electron chi connectivity index (χ1n) is 13.3. The molecule has 15 heteroatoms. The molecular weight excluding hydrogens is 570 g/mol. The molecule has 1 N–H and O–H groups in total. The summed E-state index contributed by atoms with van der Waals surface area (Å²) in [6.45, 7) is 4.99. The average molecular weight is 608 g/mol. The van der Waals surface area contributed by atoms with Gasteiger partial charge in [-0.15, -0.1) is 4.91 Å². The van der Waals surface area contributed by atoms with E-state index in [2.05, 4.69) is 10.3 Å². The number of rotatable bonds is 14. The molecule has 0 spiro atoms. The highest BCUT2D eigenvalue weighted by molar-refractivity contribution is 6.01. The van der Waals surface area contributed by atoms with Crippen LogP contribution in [0.3, 0.4) is 0 Å². The number of esters is 5. The Kier molecular flexibility index (Phi) is 12.1. The van der Waals surface area contributed by atoms with Gasteiger partial charge in [-0.2, -0.15) is 5.01 Å². The fraction of sp³-hybridized carbons (Fsp3) is 0.571. The molecule has 0 fully saturated rings. The number of H-pyrrole nitrogens is 1. The van der Waals surface area contributed by atoms with Crippen LogP contribution in [0.5, 0.6) is 0 Å². The third kappa shape index (κ3) is 8.96. The molecule has 1 aliphatic rings. The number of amides is 1. The van der Waals surface area contributed by atoms with E-state index in [1.807, 2.05) is 0 Å². The second-order valence-corrected chi connectivity index (χ2v) is 10.6. The maximum atomic E-state index is 13.3. The minimum Gasteiger partial charge on any atom is -0.469 e. The minimum atomic E-state index is -1.11. The third-order valence-corrected chi connectivity index (χ3v) is 6.68. The number of carbonyl (C=O) groups is 6. The van der Waals surface area contributed by atoms with Crippen molar-refractivity contribution in [3.8, 4) is 0 Å². The number of aromatic nitrogens is 1. The number of ether oxygens (including phenoxy) is 5. The van der Waals surface area contributed by atoms with E-state index in [1.54, 1.807) is 20.8 Å². The smallest absolute Gasteiger partial charge is 0.355 e. The summed E-state index contributed by atoms with van der Waals surface area (Å²) in [6.07, 6.45) is -1.44. The molecule has 43 heavy (non-hydrogen) atoms. The highest BCUT2D eigenvalue weighted by atomic mass is 16.6. The van der Waals surface area contributed by atoms with Crippen LogP contribution in [0.4, 0.5) is 0 Å². The van der Waals surface area contributed by atoms with E-state index in [1.165, 1.54) is 21.3 Å². The zero-order valence-electron chi connectivity index (χ0n) is 25.3. The van der Waals surface area contributed by atoms with Gasteiger partial charge < -0.3 is 28.7 Å². The lowest BCUT2D eigenvalue weighted by Crippen LogP contribution is -2.33. The Morgan fingerprint density at radius 1 is 0.814 bits per heavy atom. The molecule has 1 amide bonds. The summed E-state index contributed by atoms with van der Waals surface area (Å²) in [5.74, 6) is -4.22. The van der Waals surface area contributed by atoms with Crippen LogP contribution >= 0.6 is 0 Å². The van der Waals surface area contributed by atoms with Gasteiger partial charge in [0.25, 0.3) is 5.91 Å². The Hall–Kier alpha value is -4.56. The first kappa shape index (κ1) is 34.6. The summed E-state index contributed by atoms with van der Waals surface area (Å²) in [5.41, 5.74) is 0.0554. The number of carbonyl (C=O) groups excluding carboxylic acids is 6. The maximum absolute atomic E-state index is 13.3. The van der Waals surface area contributed by atoms with Crippen molar-refractivity contribution in [3.63, 3.8) is 0 Å². The first-order valence-corrected chi connectivity index (χ1v) is 13.3. The van der Waals surface area contributed by atoms with Crippen LogP contribution in [-0.2, 0) is 66.9 Å². The van der Waals surface area contributed by atoms with E-state index in [0.29, 0.717) is 5.01 Å². The Morgan fingerprint density at radius 3 is 1.86 bits per heavy atom. The molecule has 1 aromatic heterocycles.